The molecule has 0 spiro atoms. The Kier molecular flexibility index (Phi) is 4.51. The van der Waals surface area contributed by atoms with E-state index in [0.717, 1.165) is 17.3 Å². The maximum atomic E-state index is 12.0. The van der Waals surface area contributed by atoms with Gasteiger partial charge in [-0.05, 0) is 0 Å². The van der Waals surface area contributed by atoms with Crippen molar-refractivity contribution in [2.45, 2.75) is 19.3 Å². The summed E-state index contributed by atoms with van der Waals surface area (Å²) in [6, 6.07) is 9.81. The summed E-state index contributed by atoms with van der Waals surface area (Å²) < 4.78 is 1.37. The SMILES string of the molecule is C=CCCC(=O)[C@@H]1C[C@H]1C(=O)[Se]c1ccccc1. The van der Waals surface area contributed by atoms with Crippen LogP contribution in [0.15, 0.2) is 43.0 Å². The van der Waals surface area contributed by atoms with Gasteiger partial charge in [-0.3, -0.25) is 0 Å². The standard InChI is InChI=1S/C15H16O2Se/c1-2-3-9-14(16)12-10-13(12)15(17)18-11-7-5-4-6-8-11/h2,4-8,12-13H,1,3,9-10H2/t12-,13-/m1/s1. The molecule has 1 aromatic rings. The molecule has 2 atom stereocenters. The number of ketones is 1. The van der Waals surface area contributed by atoms with Gasteiger partial charge in [-0.25, -0.2) is 0 Å². The van der Waals surface area contributed by atoms with Gasteiger partial charge in [0.15, 0.2) is 0 Å². The van der Waals surface area contributed by atoms with Gasteiger partial charge in [0.05, 0.1) is 0 Å². The van der Waals surface area contributed by atoms with Gasteiger partial charge >= 0.3 is 114 Å². The van der Waals surface area contributed by atoms with Crippen LogP contribution in [0.25, 0.3) is 0 Å². The molecule has 3 heteroatoms. The number of carbonyl (C=O) groups excluding carboxylic acids is 2. The molecule has 1 aromatic carbocycles. The second-order valence-electron chi connectivity index (χ2n) is 4.48. The van der Waals surface area contributed by atoms with E-state index < -0.39 is 0 Å². The normalized spacial score (nSPS) is 21.3. The van der Waals surface area contributed by atoms with Gasteiger partial charge in [0.25, 0.3) is 0 Å². The third-order valence-electron chi connectivity index (χ3n) is 3.06. The van der Waals surface area contributed by atoms with E-state index in [2.05, 4.69) is 6.58 Å². The fraction of sp³-hybridized carbons (Fsp3) is 0.333. The molecule has 1 saturated carbocycles. The summed E-state index contributed by atoms with van der Waals surface area (Å²) in [4.78, 5) is 23.8. The van der Waals surface area contributed by atoms with Crippen LogP contribution in [0.4, 0.5) is 0 Å². The van der Waals surface area contributed by atoms with E-state index in [1.54, 1.807) is 6.08 Å². The van der Waals surface area contributed by atoms with Crippen molar-refractivity contribution in [2.24, 2.45) is 11.8 Å². The fourth-order valence-electron chi connectivity index (χ4n) is 1.92. The number of carbonyl (C=O) groups is 2. The average Bonchev–Trinajstić information content (AvgIpc) is 3.17. The number of benzene rings is 1. The Labute approximate surface area is 114 Å². The molecule has 1 aliphatic carbocycles. The number of hydrogen-bond acceptors (Lipinski definition) is 2. The van der Waals surface area contributed by atoms with Crippen molar-refractivity contribution >= 4 is 29.9 Å². The van der Waals surface area contributed by atoms with Crippen molar-refractivity contribution < 1.29 is 9.59 Å². The topological polar surface area (TPSA) is 34.1 Å². The monoisotopic (exact) mass is 308 g/mol. The molecule has 18 heavy (non-hydrogen) atoms. The molecule has 0 N–H and O–H groups in total. The van der Waals surface area contributed by atoms with E-state index in [0.29, 0.717) is 6.42 Å². The second kappa shape index (κ2) is 6.12. The minimum absolute atomic E-state index is 0.00233. The van der Waals surface area contributed by atoms with Crippen LogP contribution in [0.1, 0.15) is 19.3 Å². The summed E-state index contributed by atoms with van der Waals surface area (Å²) >= 11 is -0.139. The van der Waals surface area contributed by atoms with Crippen molar-refractivity contribution in [3.8, 4) is 0 Å². The molecular weight excluding hydrogens is 291 g/mol. The van der Waals surface area contributed by atoms with Crippen LogP contribution in [0.5, 0.6) is 0 Å². The Bertz CT molecular complexity index is 453. The van der Waals surface area contributed by atoms with E-state index in [1.807, 2.05) is 30.3 Å². The van der Waals surface area contributed by atoms with Gasteiger partial charge in [-0.15, -0.1) is 0 Å². The Morgan fingerprint density at radius 1 is 1.28 bits per heavy atom. The first-order chi connectivity index (χ1) is 8.72. The van der Waals surface area contributed by atoms with Crippen LogP contribution in [-0.4, -0.2) is 25.4 Å². The number of Topliss-reactive ketones (excluding diaryl/α,β-unsaturated/α-hetero) is 1. The first-order valence-corrected chi connectivity index (χ1v) is 7.84. The first-order valence-electron chi connectivity index (χ1n) is 6.12. The van der Waals surface area contributed by atoms with Crippen LogP contribution in [0.3, 0.4) is 0 Å². The van der Waals surface area contributed by atoms with Crippen molar-refractivity contribution in [1.82, 2.24) is 0 Å². The molecule has 0 radical (unpaired) electrons. The predicted octanol–water partition coefficient (Wildman–Crippen LogP) is 1.71. The van der Waals surface area contributed by atoms with Gasteiger partial charge in [0.2, 0.25) is 0 Å². The van der Waals surface area contributed by atoms with Crippen LogP contribution >= 0.6 is 0 Å². The Balaban J connectivity index is 1.82. The maximum absolute atomic E-state index is 12.0. The fourth-order valence-corrected chi connectivity index (χ4v) is 3.89. The minimum atomic E-state index is -0.139. The first kappa shape index (κ1) is 13.3. The zero-order chi connectivity index (χ0) is 13.0. The molecule has 2 nitrogen and oxygen atoms in total. The predicted molar refractivity (Wildman–Crippen MR) is 72.9 cm³/mol. The molecule has 2 rings (SSSR count). The summed E-state index contributed by atoms with van der Waals surface area (Å²) in [6.45, 7) is 3.61. The number of allylic oxidation sites excluding steroid dienone is 1. The number of hydrogen-bond donors (Lipinski definition) is 0. The van der Waals surface area contributed by atoms with E-state index in [1.165, 1.54) is 0 Å². The molecule has 0 aliphatic heterocycles. The average molecular weight is 307 g/mol. The molecular formula is C15H16O2Se. The molecule has 1 fully saturated rings. The van der Waals surface area contributed by atoms with Gasteiger partial charge in [-0.1, -0.05) is 0 Å². The third kappa shape index (κ3) is 3.41. The summed E-state index contributed by atoms with van der Waals surface area (Å²) in [5, 5.41) is 0. The van der Waals surface area contributed by atoms with Crippen molar-refractivity contribution in [3.05, 3.63) is 43.0 Å². The van der Waals surface area contributed by atoms with Gasteiger partial charge < -0.3 is 0 Å². The molecule has 0 aromatic heterocycles. The van der Waals surface area contributed by atoms with E-state index in [-0.39, 0.29) is 37.3 Å². The quantitative estimate of drug-likeness (QED) is 0.568. The van der Waals surface area contributed by atoms with Crippen molar-refractivity contribution in [1.29, 1.82) is 0 Å². The molecule has 0 amide bonds. The Morgan fingerprint density at radius 3 is 2.67 bits per heavy atom. The van der Waals surface area contributed by atoms with Gasteiger partial charge in [-0.2, -0.15) is 0 Å². The Hall–Kier alpha value is -1.18. The van der Waals surface area contributed by atoms with Crippen molar-refractivity contribution in [3.63, 3.8) is 0 Å². The van der Waals surface area contributed by atoms with Crippen LogP contribution in [0.2, 0.25) is 0 Å². The second-order valence-corrected chi connectivity index (χ2v) is 6.74. The van der Waals surface area contributed by atoms with E-state index >= 15 is 0 Å². The molecule has 0 heterocycles. The van der Waals surface area contributed by atoms with Gasteiger partial charge in [0.1, 0.15) is 0 Å². The van der Waals surface area contributed by atoms with Crippen LogP contribution in [0, 0.1) is 11.8 Å². The summed E-state index contributed by atoms with van der Waals surface area (Å²) in [5.74, 6) is 0.239. The Morgan fingerprint density at radius 2 is 2.00 bits per heavy atom. The number of rotatable bonds is 7. The summed E-state index contributed by atoms with van der Waals surface area (Å²) in [7, 11) is 0. The molecule has 0 unspecified atom stereocenters. The van der Waals surface area contributed by atoms with E-state index in [9.17, 15) is 9.59 Å². The van der Waals surface area contributed by atoms with Crippen molar-refractivity contribution in [2.75, 3.05) is 0 Å². The summed E-state index contributed by atoms with van der Waals surface area (Å²) in [5.41, 5.74) is 0. The molecule has 0 bridgehead atoms. The van der Waals surface area contributed by atoms with Crippen LogP contribution in [-0.2, 0) is 9.59 Å². The third-order valence-corrected chi connectivity index (χ3v) is 5.19. The van der Waals surface area contributed by atoms with Gasteiger partial charge in [0, 0.05) is 0 Å². The zero-order valence-corrected chi connectivity index (χ0v) is 11.9. The zero-order valence-electron chi connectivity index (χ0n) is 10.2. The molecule has 1 aliphatic rings. The molecule has 0 saturated heterocycles. The molecule has 94 valence electrons. The van der Waals surface area contributed by atoms with E-state index in [4.69, 9.17) is 0 Å². The summed E-state index contributed by atoms with van der Waals surface area (Å²) in [6.07, 6.45) is 3.78. The van der Waals surface area contributed by atoms with Crippen LogP contribution < -0.4 is 4.46 Å².